The molecule has 0 radical (unpaired) electrons. The van der Waals surface area contributed by atoms with Gasteiger partial charge in [-0.05, 0) is 66.3 Å². The molecule has 0 unspecified atom stereocenters. The van der Waals surface area contributed by atoms with Crippen LogP contribution in [-0.4, -0.2) is 19.4 Å². The summed E-state index contributed by atoms with van der Waals surface area (Å²) >= 11 is 5.80. The number of nitrogens with zero attached hydrogens (tertiary/aromatic N) is 1. The number of sulfonamides is 1. The quantitative estimate of drug-likeness (QED) is 0.388. The zero-order valence-corrected chi connectivity index (χ0v) is 17.7. The van der Waals surface area contributed by atoms with Crippen molar-refractivity contribution in [2.45, 2.75) is 51.3 Å². The van der Waals surface area contributed by atoms with Crippen molar-refractivity contribution in [3.05, 3.63) is 52.5 Å². The predicted molar refractivity (Wildman–Crippen MR) is 112 cm³/mol. The number of phenolic OH excluding ortho intramolecular Hbond substituents is 1. The average molecular weight is 409 g/mol. The molecule has 0 atom stereocenters. The Kier molecular flexibility index (Phi) is 6.54. The lowest BCUT2D eigenvalue weighted by Crippen LogP contribution is -2.12. The van der Waals surface area contributed by atoms with Crippen LogP contribution in [-0.2, 0) is 10.0 Å². The third-order valence-electron chi connectivity index (χ3n) is 4.11. The molecule has 2 N–H and O–H groups in total. The van der Waals surface area contributed by atoms with Crippen LogP contribution in [0.4, 0.5) is 5.69 Å². The van der Waals surface area contributed by atoms with Gasteiger partial charge >= 0.3 is 0 Å². The number of aromatic hydroxyl groups is 1. The Balaban J connectivity index is 2.38. The van der Waals surface area contributed by atoms with Crippen molar-refractivity contribution in [2.75, 3.05) is 5.32 Å². The molecule has 0 aliphatic heterocycles. The van der Waals surface area contributed by atoms with E-state index in [-0.39, 0.29) is 28.3 Å². The molecule has 0 spiro atoms. The summed E-state index contributed by atoms with van der Waals surface area (Å²) in [6.07, 6.45) is 0. The molecule has 146 valence electrons. The Hall–Kier alpha value is -2.05. The maximum atomic E-state index is 12.4. The number of nitrogens with one attached hydrogen (secondary N) is 1. The van der Waals surface area contributed by atoms with Crippen LogP contribution in [0.25, 0.3) is 0 Å². The van der Waals surface area contributed by atoms with Gasteiger partial charge in [0.25, 0.3) is 10.0 Å². The van der Waals surface area contributed by atoms with Gasteiger partial charge in [-0.2, -0.15) is 8.42 Å². The molecule has 0 saturated carbocycles. The van der Waals surface area contributed by atoms with E-state index in [9.17, 15) is 13.5 Å². The molecule has 2 aromatic rings. The van der Waals surface area contributed by atoms with Crippen LogP contribution in [0.2, 0.25) is 5.02 Å². The summed E-state index contributed by atoms with van der Waals surface area (Å²) < 4.78 is 28.7. The van der Waals surface area contributed by atoms with E-state index in [1.54, 1.807) is 6.92 Å². The van der Waals surface area contributed by atoms with Gasteiger partial charge < -0.3 is 10.4 Å². The van der Waals surface area contributed by atoms with Crippen molar-refractivity contribution >= 4 is 33.1 Å². The summed E-state index contributed by atoms with van der Waals surface area (Å²) in [6, 6.07) is 9.50. The second-order valence-electron chi connectivity index (χ2n) is 7.04. The van der Waals surface area contributed by atoms with Gasteiger partial charge in [0.15, 0.2) is 0 Å². The number of benzene rings is 2. The normalized spacial score (nSPS) is 12.7. The fourth-order valence-electron chi connectivity index (χ4n) is 2.70. The van der Waals surface area contributed by atoms with Gasteiger partial charge in [0, 0.05) is 10.7 Å². The largest absolute Gasteiger partial charge is 0.507 e. The smallest absolute Gasteiger partial charge is 0.283 e. The molecule has 2 aromatic carbocycles. The lowest BCUT2D eigenvalue weighted by Gasteiger charge is -2.18. The number of phenols is 1. The number of halogens is 1. The SMILES string of the molecule is CC(=NS(=O)(=O)c1ccc(Cl)cc1)Nc1cc(C(C)C)c(O)c(C(C)C)c1. The molecule has 5 nitrogen and oxygen atoms in total. The van der Waals surface area contributed by atoms with Gasteiger partial charge in [-0.1, -0.05) is 39.3 Å². The summed E-state index contributed by atoms with van der Waals surface area (Å²) in [6.45, 7) is 9.57. The molecule has 0 aromatic heterocycles. The van der Waals surface area contributed by atoms with Crippen LogP contribution in [0.15, 0.2) is 45.7 Å². The molecule has 0 aliphatic rings. The summed E-state index contributed by atoms with van der Waals surface area (Å²) in [5, 5.41) is 14.0. The molecule has 0 amide bonds. The third-order valence-corrected chi connectivity index (χ3v) is 5.74. The van der Waals surface area contributed by atoms with E-state index >= 15 is 0 Å². The monoisotopic (exact) mass is 408 g/mol. The van der Waals surface area contributed by atoms with Crippen molar-refractivity contribution in [1.29, 1.82) is 0 Å². The number of anilines is 1. The molecule has 0 heterocycles. The van der Waals surface area contributed by atoms with Crippen molar-refractivity contribution in [1.82, 2.24) is 0 Å². The third kappa shape index (κ3) is 5.23. The van der Waals surface area contributed by atoms with Crippen LogP contribution in [0.3, 0.4) is 0 Å². The van der Waals surface area contributed by atoms with Gasteiger partial charge in [-0.25, -0.2) is 0 Å². The van der Waals surface area contributed by atoms with Crippen molar-refractivity contribution in [3.8, 4) is 5.75 Å². The first-order valence-electron chi connectivity index (χ1n) is 8.72. The standard InChI is InChI=1S/C20H25ClN2O3S/c1-12(2)18-10-16(11-19(13(3)4)20(18)24)22-14(5)23-27(25,26)17-8-6-15(21)7-9-17/h6-13,24H,1-5H3,(H,22,23). The van der Waals surface area contributed by atoms with Crippen LogP contribution in [0.1, 0.15) is 57.6 Å². The Labute approximate surface area is 166 Å². The van der Waals surface area contributed by atoms with Gasteiger partial charge in [-0.3, -0.25) is 0 Å². The fourth-order valence-corrected chi connectivity index (χ4v) is 3.82. The zero-order chi connectivity index (χ0) is 20.4. The molecule has 27 heavy (non-hydrogen) atoms. The highest BCUT2D eigenvalue weighted by molar-refractivity contribution is 7.90. The van der Waals surface area contributed by atoms with Gasteiger partial charge in [-0.15, -0.1) is 4.40 Å². The first-order chi connectivity index (χ1) is 12.5. The molecule has 7 heteroatoms. The van der Waals surface area contributed by atoms with E-state index in [4.69, 9.17) is 11.6 Å². The molecule has 2 rings (SSSR count). The van der Waals surface area contributed by atoms with Crippen molar-refractivity contribution < 1.29 is 13.5 Å². The van der Waals surface area contributed by atoms with Gasteiger partial charge in [0.2, 0.25) is 0 Å². The van der Waals surface area contributed by atoms with Crippen LogP contribution >= 0.6 is 11.6 Å². The lowest BCUT2D eigenvalue weighted by molar-refractivity contribution is 0.454. The van der Waals surface area contributed by atoms with Crippen molar-refractivity contribution in [3.63, 3.8) is 0 Å². The van der Waals surface area contributed by atoms with Crippen LogP contribution in [0.5, 0.6) is 5.75 Å². The summed E-state index contributed by atoms with van der Waals surface area (Å²) in [5.74, 6) is 0.771. The number of hydrogen-bond donors (Lipinski definition) is 2. The minimum atomic E-state index is -3.84. The Bertz CT molecular complexity index is 921. The lowest BCUT2D eigenvalue weighted by atomic mass is 9.93. The van der Waals surface area contributed by atoms with E-state index in [1.807, 2.05) is 39.8 Å². The van der Waals surface area contributed by atoms with E-state index in [2.05, 4.69) is 9.71 Å². The minimum Gasteiger partial charge on any atom is -0.507 e. The van der Waals surface area contributed by atoms with Crippen LogP contribution < -0.4 is 5.32 Å². The molecule has 0 bridgehead atoms. The zero-order valence-electron chi connectivity index (χ0n) is 16.1. The number of amidine groups is 1. The predicted octanol–water partition coefficient (Wildman–Crippen LogP) is 5.51. The van der Waals surface area contributed by atoms with E-state index in [0.717, 1.165) is 11.1 Å². The Morgan fingerprint density at radius 2 is 1.52 bits per heavy atom. The summed E-state index contributed by atoms with van der Waals surface area (Å²) in [7, 11) is -3.84. The van der Waals surface area contributed by atoms with E-state index < -0.39 is 10.0 Å². The van der Waals surface area contributed by atoms with Gasteiger partial charge in [0.05, 0.1) is 4.90 Å². The second kappa shape index (κ2) is 8.31. The average Bonchev–Trinajstić information content (AvgIpc) is 2.55. The van der Waals surface area contributed by atoms with Crippen LogP contribution in [0, 0.1) is 0 Å². The number of rotatable bonds is 5. The highest BCUT2D eigenvalue weighted by Gasteiger charge is 2.17. The summed E-state index contributed by atoms with van der Waals surface area (Å²) in [5.41, 5.74) is 2.29. The topological polar surface area (TPSA) is 78.8 Å². The minimum absolute atomic E-state index is 0.0736. The maximum absolute atomic E-state index is 12.4. The molecule has 0 saturated heterocycles. The summed E-state index contributed by atoms with van der Waals surface area (Å²) in [4.78, 5) is 0.0736. The first-order valence-corrected chi connectivity index (χ1v) is 10.5. The molecular formula is C20H25ClN2O3S. The fraction of sp³-hybridized carbons (Fsp3) is 0.350. The second-order valence-corrected chi connectivity index (χ2v) is 9.08. The Morgan fingerprint density at radius 3 is 1.96 bits per heavy atom. The van der Waals surface area contributed by atoms with E-state index in [0.29, 0.717) is 10.7 Å². The number of hydrogen-bond acceptors (Lipinski definition) is 3. The maximum Gasteiger partial charge on any atom is 0.283 e. The van der Waals surface area contributed by atoms with E-state index in [1.165, 1.54) is 24.3 Å². The van der Waals surface area contributed by atoms with Gasteiger partial charge in [0.1, 0.15) is 11.6 Å². The van der Waals surface area contributed by atoms with Crippen molar-refractivity contribution in [2.24, 2.45) is 4.40 Å². The highest BCUT2D eigenvalue weighted by Crippen LogP contribution is 2.36. The first kappa shape index (κ1) is 21.3. The molecular weight excluding hydrogens is 384 g/mol. The Morgan fingerprint density at radius 1 is 1.04 bits per heavy atom. The highest BCUT2D eigenvalue weighted by atomic mass is 35.5. The molecule has 0 aliphatic carbocycles. The molecule has 0 fully saturated rings.